The Kier molecular flexibility index (Phi) is 7.96. The van der Waals surface area contributed by atoms with Crippen LogP contribution in [0.3, 0.4) is 0 Å². The Morgan fingerprint density at radius 3 is 2.38 bits per heavy atom. The maximum Gasteiger partial charge on any atom is 0.316 e. The number of hydrogen-bond acceptors (Lipinski definition) is 4. The lowest BCUT2D eigenvalue weighted by Gasteiger charge is -2.40. The summed E-state index contributed by atoms with van der Waals surface area (Å²) < 4.78 is 5.47. The van der Waals surface area contributed by atoms with Crippen LogP contribution in [0.4, 0.5) is 5.69 Å². The first kappa shape index (κ1) is 24.3. The molecule has 2 aromatic rings. The molecule has 2 aliphatic rings. The van der Waals surface area contributed by atoms with Gasteiger partial charge in [-0.1, -0.05) is 48.5 Å². The highest BCUT2D eigenvalue weighted by Gasteiger charge is 2.44. The van der Waals surface area contributed by atoms with E-state index in [0.29, 0.717) is 25.9 Å². The molecule has 5 nitrogen and oxygen atoms in total. The fraction of sp³-hybridized carbons (Fsp3) is 0.462. The van der Waals surface area contributed by atoms with Crippen LogP contribution in [0.5, 0.6) is 0 Å². The molecule has 2 aliphatic heterocycles. The molecule has 0 aliphatic carbocycles. The summed E-state index contributed by atoms with van der Waals surface area (Å²) in [5.74, 6) is 0.0576. The van der Waals surface area contributed by atoms with Crippen LogP contribution < -0.4 is 4.90 Å². The Morgan fingerprint density at radius 1 is 1.03 bits per heavy atom. The summed E-state index contributed by atoms with van der Waals surface area (Å²) in [5, 5.41) is 0. The first-order valence-electron chi connectivity index (χ1n) is 11.4. The molecule has 1 unspecified atom stereocenters. The molecule has 1 amide bonds. The number of carbonyl (C=O) groups is 2. The van der Waals surface area contributed by atoms with E-state index in [-0.39, 0.29) is 30.3 Å². The molecule has 1 fully saturated rings. The number of ether oxygens (including phenoxy) is 1. The van der Waals surface area contributed by atoms with Crippen molar-refractivity contribution in [1.82, 2.24) is 4.90 Å². The van der Waals surface area contributed by atoms with Gasteiger partial charge in [0.15, 0.2) is 0 Å². The van der Waals surface area contributed by atoms with Gasteiger partial charge in [-0.05, 0) is 63.4 Å². The van der Waals surface area contributed by atoms with Crippen molar-refractivity contribution in [1.29, 1.82) is 0 Å². The largest absolute Gasteiger partial charge is 0.465 e. The monoisotopic (exact) mass is 456 g/mol. The molecule has 1 atom stereocenters. The Balaban J connectivity index is 0.00000289. The number of carbonyl (C=O) groups excluding carboxylic acids is 2. The van der Waals surface area contributed by atoms with Crippen molar-refractivity contribution in [3.05, 3.63) is 65.7 Å². The third-order valence-corrected chi connectivity index (χ3v) is 6.82. The number of piperidine rings is 1. The lowest BCUT2D eigenvalue weighted by Crippen LogP contribution is -2.49. The molecule has 0 bridgehead atoms. The predicted molar refractivity (Wildman–Crippen MR) is 129 cm³/mol. The average molecular weight is 457 g/mol. The maximum absolute atomic E-state index is 13.0. The van der Waals surface area contributed by atoms with Crippen molar-refractivity contribution in [3.8, 4) is 0 Å². The molecule has 2 heterocycles. The number of benzene rings is 2. The second-order valence-electron chi connectivity index (χ2n) is 8.71. The van der Waals surface area contributed by atoms with E-state index in [2.05, 4.69) is 17.9 Å². The van der Waals surface area contributed by atoms with Crippen LogP contribution >= 0.6 is 12.4 Å². The third kappa shape index (κ3) is 4.69. The zero-order chi connectivity index (χ0) is 21.8. The fourth-order valence-electron chi connectivity index (χ4n) is 5.12. The fourth-order valence-corrected chi connectivity index (χ4v) is 5.12. The van der Waals surface area contributed by atoms with Gasteiger partial charge in [0.25, 0.3) is 0 Å². The van der Waals surface area contributed by atoms with E-state index in [1.54, 1.807) is 0 Å². The highest BCUT2D eigenvalue weighted by Crippen LogP contribution is 2.37. The maximum atomic E-state index is 13.0. The van der Waals surface area contributed by atoms with E-state index in [4.69, 9.17) is 4.74 Å². The summed E-state index contributed by atoms with van der Waals surface area (Å²) in [6.45, 7) is 6.65. The molecule has 1 saturated heterocycles. The highest BCUT2D eigenvalue weighted by molar-refractivity contribution is 5.96. The Labute approximate surface area is 197 Å². The number of likely N-dealkylation sites (tertiary alicyclic amines) is 1. The van der Waals surface area contributed by atoms with E-state index >= 15 is 0 Å². The van der Waals surface area contributed by atoms with Crippen molar-refractivity contribution >= 4 is 30.0 Å². The summed E-state index contributed by atoms with van der Waals surface area (Å²) in [4.78, 5) is 30.2. The second kappa shape index (κ2) is 10.5. The minimum absolute atomic E-state index is 0. The SMILES string of the molecule is CCOC(=O)C1(c2ccccc2)CCN(CCC(=O)N2c3ccccc3CC2C)CC1.Cl. The summed E-state index contributed by atoms with van der Waals surface area (Å²) in [7, 11) is 0. The van der Waals surface area contributed by atoms with Gasteiger partial charge in [-0.2, -0.15) is 0 Å². The zero-order valence-electron chi connectivity index (χ0n) is 19.0. The summed E-state index contributed by atoms with van der Waals surface area (Å²) in [6, 6.07) is 18.4. The van der Waals surface area contributed by atoms with E-state index in [1.165, 1.54) is 5.56 Å². The number of amides is 1. The molecule has 6 heteroatoms. The molecule has 0 saturated carbocycles. The summed E-state index contributed by atoms with van der Waals surface area (Å²) >= 11 is 0. The molecule has 4 rings (SSSR count). The molecule has 0 spiro atoms. The van der Waals surface area contributed by atoms with Gasteiger partial charge in [0.1, 0.15) is 0 Å². The van der Waals surface area contributed by atoms with Gasteiger partial charge >= 0.3 is 5.97 Å². The number of rotatable bonds is 6. The predicted octanol–water partition coefficient (Wildman–Crippen LogP) is 4.37. The smallest absolute Gasteiger partial charge is 0.316 e. The van der Waals surface area contributed by atoms with Crippen molar-refractivity contribution in [2.75, 3.05) is 31.1 Å². The van der Waals surface area contributed by atoms with E-state index in [0.717, 1.165) is 37.3 Å². The topological polar surface area (TPSA) is 49.9 Å². The first-order chi connectivity index (χ1) is 15.0. The van der Waals surface area contributed by atoms with Gasteiger partial charge in [0.2, 0.25) is 5.91 Å². The van der Waals surface area contributed by atoms with E-state index < -0.39 is 5.41 Å². The van der Waals surface area contributed by atoms with Crippen molar-refractivity contribution in [2.24, 2.45) is 0 Å². The molecule has 0 radical (unpaired) electrons. The molecule has 0 N–H and O–H groups in total. The standard InChI is InChI=1S/C26H32N2O3.ClH/c1-3-31-25(30)26(22-10-5-4-6-11-22)14-17-27(18-15-26)16-13-24(29)28-20(2)19-21-9-7-8-12-23(21)28;/h4-12,20H,3,13-19H2,1-2H3;1H. The number of hydrogen-bond donors (Lipinski definition) is 0. The van der Waals surface area contributed by atoms with Crippen molar-refractivity contribution < 1.29 is 14.3 Å². The first-order valence-corrected chi connectivity index (χ1v) is 11.4. The van der Waals surface area contributed by atoms with Gasteiger partial charge in [-0.25, -0.2) is 0 Å². The van der Waals surface area contributed by atoms with Crippen LogP contribution in [0.2, 0.25) is 0 Å². The summed E-state index contributed by atoms with van der Waals surface area (Å²) in [5.41, 5.74) is 2.76. The molecule has 0 aromatic heterocycles. The number of para-hydroxylation sites is 1. The van der Waals surface area contributed by atoms with Gasteiger partial charge in [0.05, 0.1) is 12.0 Å². The molecule has 32 heavy (non-hydrogen) atoms. The van der Waals surface area contributed by atoms with Gasteiger partial charge in [-0.3, -0.25) is 9.59 Å². The lowest BCUT2D eigenvalue weighted by molar-refractivity contribution is -0.152. The minimum Gasteiger partial charge on any atom is -0.465 e. The van der Waals surface area contributed by atoms with Crippen LogP contribution in [-0.2, 0) is 26.2 Å². The van der Waals surface area contributed by atoms with E-state index in [1.807, 2.05) is 60.4 Å². The quantitative estimate of drug-likeness (QED) is 0.605. The van der Waals surface area contributed by atoms with Crippen LogP contribution in [0.1, 0.15) is 44.2 Å². The number of nitrogens with zero attached hydrogens (tertiary/aromatic N) is 2. The molecule has 172 valence electrons. The number of anilines is 1. The highest BCUT2D eigenvalue weighted by atomic mass is 35.5. The van der Waals surface area contributed by atoms with Gasteiger partial charge in [-0.15, -0.1) is 12.4 Å². The Morgan fingerprint density at radius 2 is 1.69 bits per heavy atom. The third-order valence-electron chi connectivity index (χ3n) is 6.82. The van der Waals surface area contributed by atoms with Crippen LogP contribution in [0.25, 0.3) is 0 Å². The number of fused-ring (bicyclic) bond motifs is 1. The lowest BCUT2D eigenvalue weighted by atomic mass is 9.72. The number of halogens is 1. The van der Waals surface area contributed by atoms with Crippen LogP contribution in [0, 0.1) is 0 Å². The normalized spacial score (nSPS) is 19.7. The zero-order valence-corrected chi connectivity index (χ0v) is 19.8. The van der Waals surface area contributed by atoms with Crippen molar-refractivity contribution in [3.63, 3.8) is 0 Å². The van der Waals surface area contributed by atoms with Crippen molar-refractivity contribution in [2.45, 2.75) is 51.0 Å². The Bertz CT molecular complexity index is 926. The van der Waals surface area contributed by atoms with E-state index in [9.17, 15) is 9.59 Å². The van der Waals surface area contributed by atoms with Gasteiger partial charge in [0, 0.05) is 24.7 Å². The molecule has 2 aromatic carbocycles. The second-order valence-corrected chi connectivity index (χ2v) is 8.71. The summed E-state index contributed by atoms with van der Waals surface area (Å²) in [6.07, 6.45) is 2.85. The minimum atomic E-state index is -0.583. The van der Waals surface area contributed by atoms with Crippen LogP contribution in [0.15, 0.2) is 54.6 Å². The molecular formula is C26H33ClN2O3. The Hall–Kier alpha value is -2.37. The molecular weight excluding hydrogens is 424 g/mol. The van der Waals surface area contributed by atoms with Gasteiger partial charge < -0.3 is 14.5 Å². The van der Waals surface area contributed by atoms with Crippen LogP contribution in [-0.4, -0.2) is 49.1 Å². The number of esters is 1. The average Bonchev–Trinajstić information content (AvgIpc) is 3.14.